The zero-order chi connectivity index (χ0) is 15.0. The Labute approximate surface area is 125 Å². The molecule has 1 fully saturated rings. The number of nitrogens with two attached hydrogens (primary N) is 1. The van der Waals surface area contributed by atoms with Crippen LogP contribution < -0.4 is 5.73 Å². The molecular weight excluding hydrogens is 262 g/mol. The summed E-state index contributed by atoms with van der Waals surface area (Å²) in [5.41, 5.74) is 10.1. The first kappa shape index (κ1) is 14.0. The van der Waals surface area contributed by atoms with Crippen molar-refractivity contribution in [2.24, 2.45) is 11.8 Å². The predicted octanol–water partition coefficient (Wildman–Crippen LogP) is 2.98. The zero-order valence-corrected chi connectivity index (χ0v) is 13.0. The van der Waals surface area contributed by atoms with Gasteiger partial charge in [0.2, 0.25) is 0 Å². The molecule has 2 aromatic rings. The molecule has 3 rings (SSSR count). The van der Waals surface area contributed by atoms with E-state index in [-0.39, 0.29) is 0 Å². The van der Waals surface area contributed by atoms with Crippen LogP contribution in [-0.2, 0) is 6.54 Å². The average molecular weight is 285 g/mol. The Morgan fingerprint density at radius 1 is 1.24 bits per heavy atom. The molecule has 5 heteroatoms. The maximum atomic E-state index is 6.05. The second-order valence-electron chi connectivity index (χ2n) is 6.49. The van der Waals surface area contributed by atoms with Crippen LogP contribution in [-0.4, -0.2) is 20.2 Å². The Kier molecular flexibility index (Phi) is 3.66. The third kappa shape index (κ3) is 2.77. The summed E-state index contributed by atoms with van der Waals surface area (Å²) in [7, 11) is 0. The monoisotopic (exact) mass is 285 g/mol. The lowest BCUT2D eigenvalue weighted by atomic mass is 10.0. The van der Waals surface area contributed by atoms with E-state index in [1.54, 1.807) is 0 Å². The van der Waals surface area contributed by atoms with Crippen molar-refractivity contribution in [3.05, 3.63) is 23.3 Å². The summed E-state index contributed by atoms with van der Waals surface area (Å²) in [6.45, 7) is 7.33. The molecule has 1 aliphatic carbocycles. The quantitative estimate of drug-likeness (QED) is 0.880. The third-order valence-electron chi connectivity index (χ3n) is 4.62. The largest absolute Gasteiger partial charge is 0.398 e. The van der Waals surface area contributed by atoms with Crippen molar-refractivity contribution >= 4 is 5.69 Å². The summed E-state index contributed by atoms with van der Waals surface area (Å²) >= 11 is 0. The molecule has 1 heterocycles. The maximum Gasteiger partial charge on any atom is 0.182 e. The van der Waals surface area contributed by atoms with Gasteiger partial charge in [-0.25, -0.2) is 4.68 Å². The Morgan fingerprint density at radius 2 is 2.05 bits per heavy atom. The van der Waals surface area contributed by atoms with E-state index >= 15 is 0 Å². The standard InChI is InChI=1S/C16H23N5/c1-10-4-5-13(6-10)9-21-16(18-19-20-21)14-8-15(17)12(3)7-11(14)2/h7-8,10,13H,4-6,9,17H2,1-3H3. The van der Waals surface area contributed by atoms with Crippen LogP contribution in [0.2, 0.25) is 0 Å². The topological polar surface area (TPSA) is 69.6 Å². The lowest BCUT2D eigenvalue weighted by molar-refractivity contribution is 0.412. The van der Waals surface area contributed by atoms with Gasteiger partial charge in [-0.1, -0.05) is 19.4 Å². The first-order chi connectivity index (χ1) is 10.0. The number of aromatic nitrogens is 4. The van der Waals surface area contributed by atoms with Crippen molar-refractivity contribution in [3.63, 3.8) is 0 Å². The lowest BCUT2D eigenvalue weighted by Gasteiger charge is -2.13. The van der Waals surface area contributed by atoms with Crippen LogP contribution in [0.4, 0.5) is 5.69 Å². The molecule has 2 atom stereocenters. The van der Waals surface area contributed by atoms with Gasteiger partial charge in [0.05, 0.1) is 0 Å². The Balaban J connectivity index is 1.90. The molecule has 1 aromatic carbocycles. The first-order valence-corrected chi connectivity index (χ1v) is 7.68. The Morgan fingerprint density at radius 3 is 2.76 bits per heavy atom. The molecule has 1 aromatic heterocycles. The van der Waals surface area contributed by atoms with E-state index in [1.807, 2.05) is 17.7 Å². The highest BCUT2D eigenvalue weighted by Crippen LogP contribution is 2.32. The summed E-state index contributed by atoms with van der Waals surface area (Å²) in [6.07, 6.45) is 3.86. The number of tetrazole rings is 1. The van der Waals surface area contributed by atoms with Crippen molar-refractivity contribution in [2.75, 3.05) is 5.73 Å². The normalized spacial score (nSPS) is 21.9. The molecule has 1 saturated carbocycles. The van der Waals surface area contributed by atoms with Gasteiger partial charge in [-0.2, -0.15) is 0 Å². The van der Waals surface area contributed by atoms with Gasteiger partial charge < -0.3 is 5.73 Å². The van der Waals surface area contributed by atoms with Gasteiger partial charge in [0.15, 0.2) is 5.82 Å². The highest BCUT2D eigenvalue weighted by molar-refractivity contribution is 5.67. The van der Waals surface area contributed by atoms with E-state index in [1.165, 1.54) is 19.3 Å². The van der Waals surface area contributed by atoms with Crippen molar-refractivity contribution in [2.45, 2.75) is 46.6 Å². The Hall–Kier alpha value is -1.91. The molecule has 2 N–H and O–H groups in total. The van der Waals surface area contributed by atoms with Crippen LogP contribution in [0.3, 0.4) is 0 Å². The molecule has 112 valence electrons. The van der Waals surface area contributed by atoms with Gasteiger partial charge in [0.1, 0.15) is 0 Å². The number of rotatable bonds is 3. The second kappa shape index (κ2) is 5.47. The van der Waals surface area contributed by atoms with E-state index in [0.717, 1.165) is 40.7 Å². The smallest absolute Gasteiger partial charge is 0.182 e. The van der Waals surface area contributed by atoms with Crippen molar-refractivity contribution in [1.29, 1.82) is 0 Å². The van der Waals surface area contributed by atoms with Gasteiger partial charge in [-0.3, -0.25) is 0 Å². The third-order valence-corrected chi connectivity index (χ3v) is 4.62. The number of aryl methyl sites for hydroxylation is 2. The van der Waals surface area contributed by atoms with E-state index in [2.05, 4.69) is 35.4 Å². The van der Waals surface area contributed by atoms with Crippen LogP contribution in [0.5, 0.6) is 0 Å². The van der Waals surface area contributed by atoms with Crippen molar-refractivity contribution in [1.82, 2.24) is 20.2 Å². The summed E-state index contributed by atoms with van der Waals surface area (Å²) in [5, 5.41) is 12.3. The molecule has 0 radical (unpaired) electrons. The minimum Gasteiger partial charge on any atom is -0.398 e. The van der Waals surface area contributed by atoms with Crippen LogP contribution in [0.25, 0.3) is 11.4 Å². The summed E-state index contributed by atoms with van der Waals surface area (Å²) in [4.78, 5) is 0. The van der Waals surface area contributed by atoms with Crippen LogP contribution in [0.15, 0.2) is 12.1 Å². The van der Waals surface area contributed by atoms with Gasteiger partial charge in [0.25, 0.3) is 0 Å². The fourth-order valence-corrected chi connectivity index (χ4v) is 3.37. The minimum atomic E-state index is 0.686. The number of benzene rings is 1. The number of hydrogen-bond donors (Lipinski definition) is 1. The number of anilines is 1. The average Bonchev–Trinajstić information content (AvgIpc) is 3.04. The van der Waals surface area contributed by atoms with Gasteiger partial charge in [0, 0.05) is 17.8 Å². The Bertz CT molecular complexity index is 646. The van der Waals surface area contributed by atoms with E-state index in [0.29, 0.717) is 5.92 Å². The van der Waals surface area contributed by atoms with Gasteiger partial charge in [-0.15, -0.1) is 5.10 Å². The summed E-state index contributed by atoms with van der Waals surface area (Å²) in [6, 6.07) is 4.09. The van der Waals surface area contributed by atoms with E-state index in [9.17, 15) is 0 Å². The molecule has 5 nitrogen and oxygen atoms in total. The van der Waals surface area contributed by atoms with Gasteiger partial charge >= 0.3 is 0 Å². The van der Waals surface area contributed by atoms with Crippen LogP contribution >= 0.6 is 0 Å². The molecule has 0 amide bonds. The highest BCUT2D eigenvalue weighted by atomic mass is 15.5. The molecule has 0 spiro atoms. The molecule has 2 unspecified atom stereocenters. The lowest BCUT2D eigenvalue weighted by Crippen LogP contribution is -2.11. The maximum absolute atomic E-state index is 6.05. The molecule has 0 saturated heterocycles. The molecular formula is C16H23N5. The minimum absolute atomic E-state index is 0.686. The first-order valence-electron chi connectivity index (χ1n) is 7.68. The van der Waals surface area contributed by atoms with Crippen molar-refractivity contribution < 1.29 is 0 Å². The highest BCUT2D eigenvalue weighted by Gasteiger charge is 2.23. The number of hydrogen-bond acceptors (Lipinski definition) is 4. The molecule has 0 aliphatic heterocycles. The van der Waals surface area contributed by atoms with Crippen molar-refractivity contribution in [3.8, 4) is 11.4 Å². The fourth-order valence-electron chi connectivity index (χ4n) is 3.37. The molecule has 1 aliphatic rings. The van der Waals surface area contributed by atoms with E-state index in [4.69, 9.17) is 5.73 Å². The number of nitrogens with zero attached hydrogens (tertiary/aromatic N) is 4. The van der Waals surface area contributed by atoms with Gasteiger partial charge in [-0.05, 0) is 66.1 Å². The zero-order valence-electron chi connectivity index (χ0n) is 13.0. The predicted molar refractivity (Wildman–Crippen MR) is 83.6 cm³/mol. The SMILES string of the molecule is Cc1cc(C)c(-c2nnnn2CC2CCC(C)C2)cc1N. The molecule has 0 bridgehead atoms. The summed E-state index contributed by atoms with van der Waals surface area (Å²) < 4.78 is 1.94. The number of nitrogen functional groups attached to an aromatic ring is 1. The molecule has 21 heavy (non-hydrogen) atoms. The van der Waals surface area contributed by atoms with Crippen LogP contribution in [0.1, 0.15) is 37.3 Å². The second-order valence-corrected chi connectivity index (χ2v) is 6.49. The van der Waals surface area contributed by atoms with E-state index < -0.39 is 0 Å². The summed E-state index contributed by atoms with van der Waals surface area (Å²) in [5.74, 6) is 2.34. The van der Waals surface area contributed by atoms with Crippen LogP contribution in [0, 0.1) is 25.7 Å². The fraction of sp³-hybridized carbons (Fsp3) is 0.562.